The zero-order valence-corrected chi connectivity index (χ0v) is 11.3. The van der Waals surface area contributed by atoms with Crippen molar-refractivity contribution >= 4 is 23.3 Å². The van der Waals surface area contributed by atoms with Crippen molar-refractivity contribution in [3.8, 4) is 0 Å². The number of rotatable bonds is 7. The van der Waals surface area contributed by atoms with Crippen LogP contribution in [-0.2, 0) is 4.74 Å². The summed E-state index contributed by atoms with van der Waals surface area (Å²) in [5.41, 5.74) is 5.40. The van der Waals surface area contributed by atoms with E-state index in [1.165, 1.54) is 12.3 Å². The molecule has 0 spiro atoms. The highest BCUT2D eigenvalue weighted by atomic mass is 35.5. The second-order valence-corrected chi connectivity index (χ2v) is 4.22. The van der Waals surface area contributed by atoms with Crippen LogP contribution in [0.1, 0.15) is 6.42 Å². The molecule has 3 N–H and O–H groups in total. The average Bonchev–Trinajstić information content (AvgIpc) is 2.39. The smallest absolute Gasteiger partial charge is 0.167 e. The number of halogens is 2. The minimum absolute atomic E-state index is 0.0665. The zero-order chi connectivity index (χ0) is 14.3. The second-order valence-electron chi connectivity index (χ2n) is 3.78. The van der Waals surface area contributed by atoms with Gasteiger partial charge in [-0.05, 0) is 6.07 Å². The Bertz CT molecular complexity index is 445. The summed E-state index contributed by atoms with van der Waals surface area (Å²) in [7, 11) is 1.55. The molecule has 0 aromatic carbocycles. The van der Waals surface area contributed by atoms with E-state index in [0.29, 0.717) is 19.7 Å². The number of oxime groups is 1. The lowest BCUT2D eigenvalue weighted by molar-refractivity contribution is 0.205. The van der Waals surface area contributed by atoms with Gasteiger partial charge in [0.2, 0.25) is 0 Å². The zero-order valence-electron chi connectivity index (χ0n) is 10.5. The van der Waals surface area contributed by atoms with E-state index in [4.69, 9.17) is 27.3 Å². The van der Waals surface area contributed by atoms with Gasteiger partial charge >= 0.3 is 0 Å². The van der Waals surface area contributed by atoms with Crippen molar-refractivity contribution in [3.63, 3.8) is 0 Å². The third-order valence-corrected chi connectivity index (χ3v) is 2.63. The number of anilines is 1. The molecule has 0 saturated carbocycles. The van der Waals surface area contributed by atoms with Crippen LogP contribution >= 0.6 is 11.6 Å². The van der Waals surface area contributed by atoms with E-state index in [9.17, 15) is 4.39 Å². The Kier molecular flexibility index (Phi) is 6.31. The third-order valence-electron chi connectivity index (χ3n) is 2.42. The summed E-state index contributed by atoms with van der Waals surface area (Å²) in [5, 5.41) is 11.6. The molecule has 0 radical (unpaired) electrons. The minimum Gasteiger partial charge on any atom is -0.409 e. The lowest BCUT2D eigenvalue weighted by Gasteiger charge is -2.23. The molecule has 1 rings (SSSR count). The summed E-state index contributed by atoms with van der Waals surface area (Å²) in [5.74, 6) is -0.299. The van der Waals surface area contributed by atoms with Crippen LogP contribution in [0.3, 0.4) is 0 Å². The van der Waals surface area contributed by atoms with Gasteiger partial charge in [0.15, 0.2) is 11.6 Å². The number of ether oxygens (including phenoxy) is 1. The molecular weight excluding hydrogens is 275 g/mol. The highest BCUT2D eigenvalue weighted by molar-refractivity contribution is 6.30. The molecule has 0 unspecified atom stereocenters. The lowest BCUT2D eigenvalue weighted by atomic mass is 10.3. The standard InChI is InChI=1S/C11H16ClFN4O2/c1-19-5-4-17(3-2-10(14)16-18)11-9(13)6-8(12)7-15-11/h6-7,18H,2-5H2,1H3,(H2,14,16). The van der Waals surface area contributed by atoms with E-state index >= 15 is 0 Å². The number of amidine groups is 1. The normalized spacial score (nSPS) is 11.6. The first-order chi connectivity index (χ1) is 9.08. The molecule has 0 atom stereocenters. The second kappa shape index (κ2) is 7.75. The van der Waals surface area contributed by atoms with Crippen molar-refractivity contribution in [1.82, 2.24) is 4.98 Å². The molecule has 0 aliphatic heterocycles. The first-order valence-corrected chi connectivity index (χ1v) is 5.97. The van der Waals surface area contributed by atoms with Crippen LogP contribution in [0.5, 0.6) is 0 Å². The van der Waals surface area contributed by atoms with Gasteiger partial charge in [0, 0.05) is 32.8 Å². The average molecular weight is 291 g/mol. The third kappa shape index (κ3) is 4.88. The Balaban J connectivity index is 2.82. The number of nitrogens with zero attached hydrogens (tertiary/aromatic N) is 3. The SMILES string of the molecule is COCCN(CCC(N)=NO)c1ncc(Cl)cc1F. The number of methoxy groups -OCH3 is 1. The number of aromatic nitrogens is 1. The highest BCUT2D eigenvalue weighted by Crippen LogP contribution is 2.19. The van der Waals surface area contributed by atoms with E-state index in [1.807, 2.05) is 0 Å². The Morgan fingerprint density at radius 1 is 1.63 bits per heavy atom. The van der Waals surface area contributed by atoms with Crippen molar-refractivity contribution in [1.29, 1.82) is 0 Å². The number of nitrogens with two attached hydrogens (primary N) is 1. The van der Waals surface area contributed by atoms with Gasteiger partial charge in [-0.25, -0.2) is 9.37 Å². The molecule has 6 nitrogen and oxygen atoms in total. The first-order valence-electron chi connectivity index (χ1n) is 5.59. The monoisotopic (exact) mass is 290 g/mol. The van der Waals surface area contributed by atoms with Crippen LogP contribution in [0.25, 0.3) is 0 Å². The quantitative estimate of drug-likeness (QED) is 0.344. The van der Waals surface area contributed by atoms with E-state index in [-0.39, 0.29) is 23.1 Å². The van der Waals surface area contributed by atoms with Gasteiger partial charge in [0.25, 0.3) is 0 Å². The molecule has 1 heterocycles. The van der Waals surface area contributed by atoms with Gasteiger partial charge in [0.05, 0.1) is 11.6 Å². The molecule has 0 aliphatic rings. The molecule has 0 saturated heterocycles. The van der Waals surface area contributed by atoms with Crippen LogP contribution in [0, 0.1) is 5.82 Å². The van der Waals surface area contributed by atoms with Gasteiger partial charge in [-0.2, -0.15) is 0 Å². The predicted molar refractivity (Wildman–Crippen MR) is 71.3 cm³/mol. The molecule has 19 heavy (non-hydrogen) atoms. The van der Waals surface area contributed by atoms with Crippen LogP contribution in [0.4, 0.5) is 10.2 Å². The molecule has 1 aromatic rings. The van der Waals surface area contributed by atoms with E-state index in [0.717, 1.165) is 0 Å². The molecule has 106 valence electrons. The number of hydrogen-bond acceptors (Lipinski definition) is 5. The summed E-state index contributed by atoms with van der Waals surface area (Å²) in [6, 6.07) is 1.19. The summed E-state index contributed by atoms with van der Waals surface area (Å²) >= 11 is 5.66. The Labute approximate surface area is 115 Å². The fraction of sp³-hybridized carbons (Fsp3) is 0.455. The number of pyridine rings is 1. The van der Waals surface area contributed by atoms with Gasteiger partial charge in [0.1, 0.15) is 5.84 Å². The van der Waals surface area contributed by atoms with Crippen molar-refractivity contribution in [2.24, 2.45) is 10.9 Å². The Morgan fingerprint density at radius 2 is 2.37 bits per heavy atom. The van der Waals surface area contributed by atoms with E-state index in [1.54, 1.807) is 12.0 Å². The fourth-order valence-electron chi connectivity index (χ4n) is 1.46. The number of hydrogen-bond donors (Lipinski definition) is 2. The first kappa shape index (κ1) is 15.5. The predicted octanol–water partition coefficient (Wildman–Crippen LogP) is 1.46. The van der Waals surface area contributed by atoms with Crippen molar-refractivity contribution in [2.75, 3.05) is 31.7 Å². The molecular formula is C11H16ClFN4O2. The molecule has 0 fully saturated rings. The Hall–Kier alpha value is -1.60. The van der Waals surface area contributed by atoms with Gasteiger partial charge < -0.3 is 20.6 Å². The molecule has 0 bridgehead atoms. The van der Waals surface area contributed by atoms with Gasteiger partial charge in [-0.15, -0.1) is 0 Å². The maximum absolute atomic E-state index is 13.8. The van der Waals surface area contributed by atoms with Crippen LogP contribution in [0.15, 0.2) is 17.4 Å². The molecule has 0 amide bonds. The van der Waals surface area contributed by atoms with Crippen molar-refractivity contribution in [2.45, 2.75) is 6.42 Å². The highest BCUT2D eigenvalue weighted by Gasteiger charge is 2.14. The van der Waals surface area contributed by atoms with E-state index in [2.05, 4.69) is 10.1 Å². The molecule has 1 aromatic heterocycles. The minimum atomic E-state index is -0.525. The molecule has 8 heteroatoms. The summed E-state index contributed by atoms with van der Waals surface area (Å²) in [6.07, 6.45) is 1.65. The maximum atomic E-state index is 13.8. The van der Waals surface area contributed by atoms with Crippen molar-refractivity contribution < 1.29 is 14.3 Å². The van der Waals surface area contributed by atoms with Crippen molar-refractivity contribution in [3.05, 3.63) is 23.1 Å². The van der Waals surface area contributed by atoms with Gasteiger partial charge in [-0.3, -0.25) is 0 Å². The lowest BCUT2D eigenvalue weighted by Crippen LogP contribution is -2.32. The van der Waals surface area contributed by atoms with E-state index < -0.39 is 5.82 Å². The summed E-state index contributed by atoms with van der Waals surface area (Å²) < 4.78 is 18.8. The van der Waals surface area contributed by atoms with Crippen LogP contribution in [0.2, 0.25) is 5.02 Å². The van der Waals surface area contributed by atoms with Crippen LogP contribution in [-0.4, -0.2) is 42.8 Å². The van der Waals surface area contributed by atoms with Gasteiger partial charge in [-0.1, -0.05) is 16.8 Å². The largest absolute Gasteiger partial charge is 0.409 e. The summed E-state index contributed by atoms with van der Waals surface area (Å²) in [4.78, 5) is 5.60. The Morgan fingerprint density at radius 3 is 2.95 bits per heavy atom. The maximum Gasteiger partial charge on any atom is 0.167 e. The summed E-state index contributed by atoms with van der Waals surface area (Å²) in [6.45, 7) is 1.19. The topological polar surface area (TPSA) is 84.0 Å². The fourth-order valence-corrected chi connectivity index (χ4v) is 1.61. The van der Waals surface area contributed by atoms with Crippen LogP contribution < -0.4 is 10.6 Å². The molecule has 0 aliphatic carbocycles.